The van der Waals surface area contributed by atoms with Gasteiger partial charge in [0.15, 0.2) is 5.89 Å². The molecule has 26 heavy (non-hydrogen) atoms. The van der Waals surface area contributed by atoms with Gasteiger partial charge in [0.25, 0.3) is 5.91 Å². The van der Waals surface area contributed by atoms with Crippen LogP contribution in [-0.2, 0) is 25.6 Å². The number of benzene rings is 1. The molecule has 7 heteroatoms. The lowest BCUT2D eigenvalue weighted by Gasteiger charge is -2.25. The molecule has 1 aliphatic heterocycles. The van der Waals surface area contributed by atoms with Crippen LogP contribution in [0.15, 0.2) is 28.7 Å². The van der Waals surface area contributed by atoms with E-state index in [1.807, 2.05) is 0 Å². The zero-order valence-electron chi connectivity index (χ0n) is 14.8. The van der Waals surface area contributed by atoms with Gasteiger partial charge >= 0.3 is 6.18 Å². The first-order valence-corrected chi connectivity index (χ1v) is 8.68. The maximum atomic E-state index is 12.9. The predicted octanol–water partition coefficient (Wildman–Crippen LogP) is 4.48. The van der Waals surface area contributed by atoms with Gasteiger partial charge in [-0.25, -0.2) is 4.98 Å². The lowest BCUT2D eigenvalue weighted by Crippen LogP contribution is -2.35. The number of oxazole rings is 1. The molecule has 1 aromatic carbocycles. The number of hydrogen-bond acceptors (Lipinski definition) is 3. The molecule has 0 aliphatic carbocycles. The van der Waals surface area contributed by atoms with Gasteiger partial charge in [-0.3, -0.25) is 4.79 Å². The molecule has 2 aromatic rings. The van der Waals surface area contributed by atoms with Gasteiger partial charge in [0.05, 0.1) is 12.1 Å². The molecule has 0 radical (unpaired) electrons. The van der Waals surface area contributed by atoms with Crippen molar-refractivity contribution < 1.29 is 22.4 Å². The molecule has 0 unspecified atom stereocenters. The Bertz CT molecular complexity index is 796. The summed E-state index contributed by atoms with van der Waals surface area (Å²) in [6.07, 6.45) is -2.24. The Hall–Kier alpha value is -2.31. The Morgan fingerprint density at radius 3 is 2.81 bits per heavy atom. The Labute approximate surface area is 150 Å². The third-order valence-electron chi connectivity index (χ3n) is 4.43. The highest BCUT2D eigenvalue weighted by Crippen LogP contribution is 2.30. The minimum Gasteiger partial charge on any atom is -0.445 e. The summed E-state index contributed by atoms with van der Waals surface area (Å²) in [5.41, 5.74) is -0.0828. The fourth-order valence-corrected chi connectivity index (χ4v) is 2.96. The highest BCUT2D eigenvalue weighted by molar-refractivity contribution is 5.94. The van der Waals surface area contributed by atoms with Crippen LogP contribution in [0.3, 0.4) is 0 Å². The van der Waals surface area contributed by atoms with E-state index in [9.17, 15) is 18.0 Å². The van der Waals surface area contributed by atoms with Gasteiger partial charge in [-0.1, -0.05) is 19.9 Å². The van der Waals surface area contributed by atoms with Crippen LogP contribution in [0.25, 0.3) is 0 Å². The van der Waals surface area contributed by atoms with Crippen molar-refractivity contribution >= 4 is 5.91 Å². The minimum absolute atomic E-state index is 0.0341. The number of aryl methyl sites for hydroxylation is 1. The molecule has 0 bridgehead atoms. The number of nitrogens with zero attached hydrogens (tertiary/aromatic N) is 2. The van der Waals surface area contributed by atoms with Gasteiger partial charge in [0.2, 0.25) is 0 Å². The quantitative estimate of drug-likeness (QED) is 0.801. The van der Waals surface area contributed by atoms with Crippen LogP contribution < -0.4 is 0 Å². The van der Waals surface area contributed by atoms with Crippen molar-refractivity contribution in [1.82, 2.24) is 9.88 Å². The number of carbonyl (C=O) groups excluding carboxylic acids is 1. The van der Waals surface area contributed by atoms with Crippen molar-refractivity contribution in [2.45, 2.75) is 45.8 Å². The Morgan fingerprint density at radius 1 is 1.35 bits per heavy atom. The van der Waals surface area contributed by atoms with E-state index in [1.54, 1.807) is 0 Å². The van der Waals surface area contributed by atoms with E-state index in [4.69, 9.17) is 4.42 Å². The van der Waals surface area contributed by atoms with Crippen molar-refractivity contribution in [2.24, 2.45) is 5.92 Å². The summed E-state index contributed by atoms with van der Waals surface area (Å²) in [5.74, 6) is 1.56. The zero-order chi connectivity index (χ0) is 18.9. The molecule has 1 aromatic heterocycles. The second-order valence-electron chi connectivity index (χ2n) is 6.97. The van der Waals surface area contributed by atoms with Gasteiger partial charge in [0, 0.05) is 24.9 Å². The van der Waals surface area contributed by atoms with Crippen molar-refractivity contribution in [1.29, 1.82) is 0 Å². The average molecular weight is 366 g/mol. The zero-order valence-corrected chi connectivity index (χ0v) is 14.8. The molecule has 140 valence electrons. The first kappa shape index (κ1) is 18.5. The van der Waals surface area contributed by atoms with Crippen molar-refractivity contribution in [3.63, 3.8) is 0 Å². The van der Waals surface area contributed by atoms with Crippen LogP contribution in [0, 0.1) is 5.92 Å². The van der Waals surface area contributed by atoms with Gasteiger partial charge in [-0.2, -0.15) is 13.2 Å². The van der Waals surface area contributed by atoms with E-state index in [0.717, 1.165) is 30.7 Å². The number of carbonyl (C=O) groups is 1. The van der Waals surface area contributed by atoms with E-state index < -0.39 is 17.6 Å². The second kappa shape index (κ2) is 7.13. The van der Waals surface area contributed by atoms with Gasteiger partial charge in [-0.05, 0) is 30.5 Å². The summed E-state index contributed by atoms with van der Waals surface area (Å²) in [6, 6.07) is 4.52. The van der Waals surface area contributed by atoms with Gasteiger partial charge < -0.3 is 9.32 Å². The highest BCUT2D eigenvalue weighted by atomic mass is 19.4. The summed E-state index contributed by atoms with van der Waals surface area (Å²) >= 11 is 0. The summed E-state index contributed by atoms with van der Waals surface area (Å²) < 4.78 is 44.3. The number of halogens is 3. The summed E-state index contributed by atoms with van der Waals surface area (Å²) in [6.45, 7) is 4.91. The topological polar surface area (TPSA) is 46.3 Å². The second-order valence-corrected chi connectivity index (χ2v) is 6.97. The number of fused-ring (bicyclic) bond motifs is 1. The summed E-state index contributed by atoms with van der Waals surface area (Å²) in [5, 5.41) is 0. The van der Waals surface area contributed by atoms with Crippen molar-refractivity contribution in [2.75, 3.05) is 6.54 Å². The number of aromatic nitrogens is 1. The fourth-order valence-electron chi connectivity index (χ4n) is 2.96. The molecule has 0 fully saturated rings. The maximum Gasteiger partial charge on any atom is 0.416 e. The third-order valence-corrected chi connectivity index (χ3v) is 4.43. The van der Waals surface area contributed by atoms with Crippen LogP contribution >= 0.6 is 0 Å². The van der Waals surface area contributed by atoms with E-state index in [-0.39, 0.29) is 12.1 Å². The van der Waals surface area contributed by atoms with Gasteiger partial charge in [0.1, 0.15) is 11.5 Å². The smallest absolute Gasteiger partial charge is 0.416 e. The molecule has 1 aliphatic rings. The molecule has 0 saturated heterocycles. The van der Waals surface area contributed by atoms with E-state index >= 15 is 0 Å². The monoisotopic (exact) mass is 366 g/mol. The lowest BCUT2D eigenvalue weighted by molar-refractivity contribution is -0.137. The molecule has 1 amide bonds. The molecule has 0 atom stereocenters. The Balaban J connectivity index is 1.73. The van der Waals surface area contributed by atoms with Crippen LogP contribution in [0.1, 0.15) is 53.5 Å². The van der Waals surface area contributed by atoms with E-state index in [1.165, 1.54) is 17.0 Å². The van der Waals surface area contributed by atoms with E-state index in [0.29, 0.717) is 30.5 Å². The van der Waals surface area contributed by atoms with E-state index in [2.05, 4.69) is 18.8 Å². The standard InChI is InChI=1S/C19H21F3N2O2/c1-12(2)6-7-17-23-15-11-24(9-8-16(15)26-17)18(25)13-4-3-5-14(10-13)19(20,21)22/h3-5,10,12H,6-9,11H2,1-2H3. The van der Waals surface area contributed by atoms with Crippen LogP contribution in [0.2, 0.25) is 0 Å². The van der Waals surface area contributed by atoms with Crippen LogP contribution in [-0.4, -0.2) is 22.3 Å². The van der Waals surface area contributed by atoms with Gasteiger partial charge in [-0.15, -0.1) is 0 Å². The average Bonchev–Trinajstić information content (AvgIpc) is 3.00. The molecule has 0 spiro atoms. The predicted molar refractivity (Wildman–Crippen MR) is 89.6 cm³/mol. The number of alkyl halides is 3. The largest absolute Gasteiger partial charge is 0.445 e. The third kappa shape index (κ3) is 4.08. The molecule has 3 rings (SSSR count). The first-order valence-electron chi connectivity index (χ1n) is 8.68. The summed E-state index contributed by atoms with van der Waals surface area (Å²) in [4.78, 5) is 18.6. The lowest BCUT2D eigenvalue weighted by atomic mass is 10.1. The number of rotatable bonds is 4. The molecule has 0 saturated carbocycles. The SMILES string of the molecule is CC(C)CCc1nc2c(o1)CCN(C(=O)c1cccc(C(F)(F)F)c1)C2. The van der Waals surface area contributed by atoms with Crippen LogP contribution in [0.4, 0.5) is 13.2 Å². The highest BCUT2D eigenvalue weighted by Gasteiger charge is 2.32. The fraction of sp³-hybridized carbons (Fsp3) is 0.474. The Morgan fingerprint density at radius 2 is 2.12 bits per heavy atom. The molecular weight excluding hydrogens is 345 g/mol. The molecule has 2 heterocycles. The number of hydrogen-bond donors (Lipinski definition) is 0. The maximum absolute atomic E-state index is 12.9. The van der Waals surface area contributed by atoms with Crippen molar-refractivity contribution in [3.8, 4) is 0 Å². The normalized spacial score (nSPS) is 14.6. The first-order chi connectivity index (χ1) is 12.2. The summed E-state index contributed by atoms with van der Waals surface area (Å²) in [7, 11) is 0. The number of amides is 1. The van der Waals surface area contributed by atoms with Crippen molar-refractivity contribution in [3.05, 3.63) is 52.7 Å². The Kier molecular flexibility index (Phi) is 5.07. The molecule has 4 nitrogen and oxygen atoms in total. The molecular formula is C19H21F3N2O2. The molecule has 0 N–H and O–H groups in total. The minimum atomic E-state index is -4.47. The van der Waals surface area contributed by atoms with Crippen LogP contribution in [0.5, 0.6) is 0 Å².